The summed E-state index contributed by atoms with van der Waals surface area (Å²) in [5.41, 5.74) is 0. The monoisotopic (exact) mass is 199 g/mol. The molecule has 2 aliphatic rings. The minimum Gasteiger partial charge on any atom is -0.457 e. The molecule has 1 N–H and O–H groups in total. The van der Waals surface area contributed by atoms with Gasteiger partial charge in [-0.3, -0.25) is 0 Å². The van der Waals surface area contributed by atoms with E-state index in [1.54, 1.807) is 0 Å². The van der Waals surface area contributed by atoms with Crippen LogP contribution in [0.15, 0.2) is 12.5 Å². The van der Waals surface area contributed by atoms with Crippen LogP contribution >= 0.6 is 0 Å². The standard InChI is InChI=1S/C9H13NO4/c1-9(12-4-5-13-9)3-2-7-6-10-8(11)14-7/h4-5,7H,2-3,6H2,1H3,(H,10,11). The molecule has 2 aliphatic heterocycles. The van der Waals surface area contributed by atoms with Crippen LogP contribution in [0.1, 0.15) is 19.8 Å². The zero-order valence-electron chi connectivity index (χ0n) is 7.99. The average Bonchev–Trinajstić information content (AvgIpc) is 2.73. The lowest BCUT2D eigenvalue weighted by Gasteiger charge is -2.23. The van der Waals surface area contributed by atoms with Gasteiger partial charge in [-0.1, -0.05) is 0 Å². The summed E-state index contributed by atoms with van der Waals surface area (Å²) in [7, 11) is 0. The molecule has 1 saturated heterocycles. The second kappa shape index (κ2) is 3.40. The van der Waals surface area contributed by atoms with Gasteiger partial charge in [0, 0.05) is 13.3 Å². The van der Waals surface area contributed by atoms with Crippen LogP contribution in [0.25, 0.3) is 0 Å². The molecule has 14 heavy (non-hydrogen) atoms. The molecule has 1 fully saturated rings. The number of amides is 1. The summed E-state index contributed by atoms with van der Waals surface area (Å²) in [6.45, 7) is 2.43. The third-order valence-corrected chi connectivity index (χ3v) is 2.36. The molecule has 0 aromatic rings. The summed E-state index contributed by atoms with van der Waals surface area (Å²) in [5.74, 6) is -0.588. The summed E-state index contributed by atoms with van der Waals surface area (Å²) < 4.78 is 15.5. The Bertz CT molecular complexity index is 256. The predicted octanol–water partition coefficient (Wildman–Crippen LogP) is 1.11. The lowest BCUT2D eigenvalue weighted by atomic mass is 10.1. The molecule has 0 aliphatic carbocycles. The molecule has 2 rings (SSSR count). The van der Waals surface area contributed by atoms with Crippen molar-refractivity contribution in [3.63, 3.8) is 0 Å². The van der Waals surface area contributed by atoms with Crippen molar-refractivity contribution in [2.24, 2.45) is 0 Å². The zero-order chi connectivity index (χ0) is 10.0. The van der Waals surface area contributed by atoms with Crippen molar-refractivity contribution in [3.05, 3.63) is 12.5 Å². The van der Waals surface area contributed by atoms with Crippen molar-refractivity contribution in [1.82, 2.24) is 5.32 Å². The van der Waals surface area contributed by atoms with Gasteiger partial charge < -0.3 is 19.5 Å². The Hall–Kier alpha value is -1.39. The van der Waals surface area contributed by atoms with Crippen LogP contribution in [-0.4, -0.2) is 24.5 Å². The molecule has 0 aromatic carbocycles. The van der Waals surface area contributed by atoms with Crippen molar-refractivity contribution in [2.45, 2.75) is 31.7 Å². The van der Waals surface area contributed by atoms with Gasteiger partial charge in [0.25, 0.3) is 0 Å². The Morgan fingerprint density at radius 3 is 2.86 bits per heavy atom. The first-order chi connectivity index (χ1) is 6.68. The Kier molecular flexibility index (Phi) is 2.23. The zero-order valence-corrected chi connectivity index (χ0v) is 7.99. The molecule has 1 unspecified atom stereocenters. The molecule has 5 nitrogen and oxygen atoms in total. The molecular formula is C9H13NO4. The molecule has 5 heteroatoms. The highest BCUT2D eigenvalue weighted by molar-refractivity contribution is 5.69. The minimum absolute atomic E-state index is 0.0628. The fourth-order valence-corrected chi connectivity index (χ4v) is 1.51. The second-order valence-electron chi connectivity index (χ2n) is 3.59. The third kappa shape index (κ3) is 1.92. The van der Waals surface area contributed by atoms with Crippen LogP contribution in [0.3, 0.4) is 0 Å². The van der Waals surface area contributed by atoms with Gasteiger partial charge in [0.15, 0.2) is 0 Å². The van der Waals surface area contributed by atoms with Gasteiger partial charge in [-0.2, -0.15) is 0 Å². The van der Waals surface area contributed by atoms with E-state index in [2.05, 4.69) is 5.32 Å². The number of rotatable bonds is 3. The first-order valence-electron chi connectivity index (χ1n) is 4.63. The van der Waals surface area contributed by atoms with E-state index in [-0.39, 0.29) is 12.2 Å². The van der Waals surface area contributed by atoms with Gasteiger partial charge in [-0.25, -0.2) is 4.79 Å². The highest BCUT2D eigenvalue weighted by Gasteiger charge is 2.32. The van der Waals surface area contributed by atoms with Gasteiger partial charge >= 0.3 is 6.09 Å². The number of carbonyl (C=O) groups is 1. The van der Waals surface area contributed by atoms with Gasteiger partial charge in [-0.15, -0.1) is 0 Å². The van der Waals surface area contributed by atoms with Gasteiger partial charge in [-0.05, 0) is 6.42 Å². The average molecular weight is 199 g/mol. The van der Waals surface area contributed by atoms with E-state index in [9.17, 15) is 4.79 Å². The highest BCUT2D eigenvalue weighted by atomic mass is 16.7. The SMILES string of the molecule is CC1(CCC2CNC(=O)O2)OC=CO1. The maximum Gasteiger partial charge on any atom is 0.407 e. The molecule has 0 aromatic heterocycles. The Balaban J connectivity index is 1.74. The molecule has 1 atom stereocenters. The number of alkyl carbamates (subject to hydrolysis) is 1. The van der Waals surface area contributed by atoms with E-state index < -0.39 is 5.79 Å². The molecule has 0 saturated carbocycles. The minimum atomic E-state index is -0.588. The van der Waals surface area contributed by atoms with E-state index in [0.29, 0.717) is 13.0 Å². The first kappa shape index (κ1) is 9.18. The fourth-order valence-electron chi connectivity index (χ4n) is 1.51. The number of hydrogen-bond donors (Lipinski definition) is 1. The number of ether oxygens (including phenoxy) is 3. The predicted molar refractivity (Wildman–Crippen MR) is 47.2 cm³/mol. The number of hydrogen-bond acceptors (Lipinski definition) is 4. The van der Waals surface area contributed by atoms with Crippen molar-refractivity contribution < 1.29 is 19.0 Å². The Morgan fingerprint density at radius 1 is 1.57 bits per heavy atom. The normalized spacial score (nSPS) is 27.8. The maximum absolute atomic E-state index is 10.7. The van der Waals surface area contributed by atoms with E-state index in [4.69, 9.17) is 14.2 Å². The van der Waals surface area contributed by atoms with E-state index >= 15 is 0 Å². The molecule has 2 heterocycles. The quantitative estimate of drug-likeness (QED) is 0.739. The largest absolute Gasteiger partial charge is 0.457 e. The molecular weight excluding hydrogens is 186 g/mol. The van der Waals surface area contributed by atoms with Gasteiger partial charge in [0.1, 0.15) is 18.6 Å². The summed E-state index contributed by atoms with van der Waals surface area (Å²) in [4.78, 5) is 10.7. The van der Waals surface area contributed by atoms with Crippen LogP contribution in [-0.2, 0) is 14.2 Å². The van der Waals surface area contributed by atoms with Gasteiger partial charge in [0.2, 0.25) is 5.79 Å². The van der Waals surface area contributed by atoms with Crippen LogP contribution in [0.4, 0.5) is 4.79 Å². The highest BCUT2D eigenvalue weighted by Crippen LogP contribution is 2.26. The van der Waals surface area contributed by atoms with Crippen molar-refractivity contribution >= 4 is 6.09 Å². The Morgan fingerprint density at radius 2 is 2.29 bits per heavy atom. The molecule has 1 amide bonds. The van der Waals surface area contributed by atoms with Crippen LogP contribution < -0.4 is 5.32 Å². The number of cyclic esters (lactones) is 1. The number of nitrogens with one attached hydrogen (secondary N) is 1. The summed E-state index contributed by atoms with van der Waals surface area (Å²) >= 11 is 0. The van der Waals surface area contributed by atoms with E-state index in [1.807, 2.05) is 6.92 Å². The smallest absolute Gasteiger partial charge is 0.407 e. The molecule has 78 valence electrons. The van der Waals surface area contributed by atoms with E-state index in [1.165, 1.54) is 12.5 Å². The number of carbonyl (C=O) groups excluding carboxylic acids is 1. The topological polar surface area (TPSA) is 56.8 Å². The molecule has 0 bridgehead atoms. The lowest BCUT2D eigenvalue weighted by molar-refractivity contribution is -0.134. The first-order valence-corrected chi connectivity index (χ1v) is 4.63. The molecule has 0 radical (unpaired) electrons. The lowest BCUT2D eigenvalue weighted by Crippen LogP contribution is -2.27. The molecule has 0 spiro atoms. The second-order valence-corrected chi connectivity index (χ2v) is 3.59. The summed E-state index contributed by atoms with van der Waals surface area (Å²) in [6.07, 6.45) is 4.08. The maximum atomic E-state index is 10.7. The Labute approximate surface area is 82.0 Å². The van der Waals surface area contributed by atoms with Crippen LogP contribution in [0.2, 0.25) is 0 Å². The van der Waals surface area contributed by atoms with Gasteiger partial charge in [0.05, 0.1) is 6.54 Å². The van der Waals surface area contributed by atoms with Crippen molar-refractivity contribution in [3.8, 4) is 0 Å². The van der Waals surface area contributed by atoms with Crippen LogP contribution in [0.5, 0.6) is 0 Å². The summed E-state index contributed by atoms with van der Waals surface area (Å²) in [6, 6.07) is 0. The summed E-state index contributed by atoms with van der Waals surface area (Å²) in [5, 5.41) is 2.60. The van der Waals surface area contributed by atoms with E-state index in [0.717, 1.165) is 6.42 Å². The van der Waals surface area contributed by atoms with Crippen LogP contribution in [0, 0.1) is 0 Å². The van der Waals surface area contributed by atoms with Crippen molar-refractivity contribution in [2.75, 3.05) is 6.54 Å². The third-order valence-electron chi connectivity index (χ3n) is 2.36. The fraction of sp³-hybridized carbons (Fsp3) is 0.667. The van der Waals surface area contributed by atoms with Crippen molar-refractivity contribution in [1.29, 1.82) is 0 Å².